The third-order valence-corrected chi connectivity index (χ3v) is 6.09. The first kappa shape index (κ1) is 20.6. The molecule has 2 aliphatic heterocycles. The van der Waals surface area contributed by atoms with Gasteiger partial charge in [0.1, 0.15) is 22.4 Å². The molecular weight excluding hydrogens is 420 g/mol. The molecule has 1 unspecified atom stereocenters. The van der Waals surface area contributed by atoms with Crippen molar-refractivity contribution in [2.75, 3.05) is 20.3 Å². The summed E-state index contributed by atoms with van der Waals surface area (Å²) in [6.07, 6.45) is 2.54. The number of morpholine rings is 1. The average Bonchev–Trinajstić information content (AvgIpc) is 3.05. The maximum absolute atomic E-state index is 11.8. The number of carbonyl (C=O) groups excluding carboxylic acids is 2. The minimum Gasteiger partial charge on any atom is -0.457 e. The zero-order chi connectivity index (χ0) is 21.1. The smallest absolute Gasteiger partial charge is 0.263 e. The van der Waals surface area contributed by atoms with Crippen LogP contribution in [0.25, 0.3) is 6.08 Å². The molecule has 2 heterocycles. The van der Waals surface area contributed by atoms with Gasteiger partial charge in [-0.15, -0.1) is 0 Å². The highest BCUT2D eigenvalue weighted by Crippen LogP contribution is 2.27. The normalized spacial score (nSPS) is 20.6. The first-order valence-electron chi connectivity index (χ1n) is 9.43. The van der Waals surface area contributed by atoms with Crippen LogP contribution in [0, 0.1) is 0 Å². The van der Waals surface area contributed by atoms with Crippen LogP contribution in [0.2, 0.25) is 0 Å². The molecule has 0 bridgehead atoms. The van der Waals surface area contributed by atoms with Crippen LogP contribution < -0.4 is 10.1 Å². The topological polar surface area (TPSA) is 67.9 Å². The minimum absolute atomic E-state index is 0.0140. The molecule has 1 N–H and O–H groups in total. The lowest BCUT2D eigenvalue weighted by Gasteiger charge is -2.32. The van der Waals surface area contributed by atoms with E-state index in [2.05, 4.69) is 5.32 Å². The Morgan fingerprint density at radius 1 is 1.17 bits per heavy atom. The summed E-state index contributed by atoms with van der Waals surface area (Å²) < 4.78 is 11.7. The Balaban J connectivity index is 1.36. The lowest BCUT2D eigenvalue weighted by Crippen LogP contribution is -2.47. The van der Waals surface area contributed by atoms with E-state index in [0.29, 0.717) is 21.6 Å². The molecule has 4 rings (SSSR count). The molecule has 2 aromatic rings. The van der Waals surface area contributed by atoms with Gasteiger partial charge in [-0.1, -0.05) is 48.2 Å². The molecular formula is C22H20N2O4S2. The van der Waals surface area contributed by atoms with E-state index < -0.39 is 0 Å². The van der Waals surface area contributed by atoms with Gasteiger partial charge in [-0.2, -0.15) is 0 Å². The van der Waals surface area contributed by atoms with Crippen LogP contribution in [-0.2, 0) is 20.7 Å². The van der Waals surface area contributed by atoms with Crippen molar-refractivity contribution < 1.29 is 19.1 Å². The number of thioether (sulfide) groups is 1. The van der Waals surface area contributed by atoms with Gasteiger partial charge in [-0.3, -0.25) is 9.59 Å². The Morgan fingerprint density at radius 3 is 2.47 bits per heavy atom. The predicted octanol–water partition coefficient (Wildman–Crippen LogP) is 3.37. The van der Waals surface area contributed by atoms with Crippen molar-refractivity contribution in [3.8, 4) is 11.5 Å². The van der Waals surface area contributed by atoms with Gasteiger partial charge in [0.2, 0.25) is 5.91 Å². The summed E-state index contributed by atoms with van der Waals surface area (Å²) in [5.41, 5.74) is 2.01. The fourth-order valence-electron chi connectivity index (χ4n) is 3.20. The predicted molar refractivity (Wildman–Crippen MR) is 120 cm³/mol. The summed E-state index contributed by atoms with van der Waals surface area (Å²) in [5, 5.41) is 2.60. The number of nitrogens with one attached hydrogen (secondary N) is 1. The maximum Gasteiger partial charge on any atom is 0.263 e. The molecule has 6 nitrogen and oxygen atoms in total. The molecule has 8 heteroatoms. The number of hydrogen-bond donors (Lipinski definition) is 1. The lowest BCUT2D eigenvalue weighted by atomic mass is 10.0. The molecule has 0 radical (unpaired) electrons. The van der Waals surface area contributed by atoms with Gasteiger partial charge < -0.3 is 19.7 Å². The van der Waals surface area contributed by atoms with Gasteiger partial charge in [0, 0.05) is 7.05 Å². The minimum atomic E-state index is -0.166. The monoisotopic (exact) mass is 440 g/mol. The Kier molecular flexibility index (Phi) is 6.17. The van der Waals surface area contributed by atoms with E-state index in [4.69, 9.17) is 21.7 Å². The van der Waals surface area contributed by atoms with Crippen LogP contribution in [0.5, 0.6) is 11.5 Å². The Hall–Kier alpha value is -2.68. The highest BCUT2D eigenvalue weighted by Gasteiger charge is 2.25. The second kappa shape index (κ2) is 8.99. The van der Waals surface area contributed by atoms with Crippen molar-refractivity contribution in [3.63, 3.8) is 0 Å². The third-order valence-electron chi connectivity index (χ3n) is 4.93. The van der Waals surface area contributed by atoms with E-state index in [1.165, 1.54) is 11.8 Å². The lowest BCUT2D eigenvalue weighted by molar-refractivity contribution is -0.145. The first-order valence-corrected chi connectivity index (χ1v) is 10.7. The zero-order valence-electron chi connectivity index (χ0n) is 16.3. The van der Waals surface area contributed by atoms with Gasteiger partial charge in [0.25, 0.3) is 5.91 Å². The van der Waals surface area contributed by atoms with Crippen LogP contribution in [0.4, 0.5) is 0 Å². The van der Waals surface area contributed by atoms with E-state index >= 15 is 0 Å². The summed E-state index contributed by atoms with van der Waals surface area (Å²) >= 11 is 6.26. The van der Waals surface area contributed by atoms with Gasteiger partial charge >= 0.3 is 0 Å². The molecule has 1 atom stereocenters. The third kappa shape index (κ3) is 4.89. The van der Waals surface area contributed by atoms with Crippen molar-refractivity contribution in [1.82, 2.24) is 10.2 Å². The van der Waals surface area contributed by atoms with E-state index in [1.54, 1.807) is 11.0 Å². The van der Waals surface area contributed by atoms with Gasteiger partial charge in [0.15, 0.2) is 0 Å². The van der Waals surface area contributed by atoms with Crippen molar-refractivity contribution in [2.24, 2.45) is 0 Å². The largest absolute Gasteiger partial charge is 0.457 e. The van der Waals surface area contributed by atoms with Crippen molar-refractivity contribution in [3.05, 3.63) is 64.6 Å². The van der Waals surface area contributed by atoms with Gasteiger partial charge in [-0.05, 0) is 47.9 Å². The van der Waals surface area contributed by atoms with Crippen LogP contribution in [0.1, 0.15) is 11.1 Å². The number of amides is 2. The highest BCUT2D eigenvalue weighted by molar-refractivity contribution is 8.26. The van der Waals surface area contributed by atoms with Crippen LogP contribution in [0.3, 0.4) is 0 Å². The number of carbonyl (C=O) groups is 2. The zero-order valence-corrected chi connectivity index (χ0v) is 17.9. The number of benzene rings is 2. The number of thiocarbonyl (C=S) groups is 1. The van der Waals surface area contributed by atoms with E-state index in [-0.39, 0.29) is 24.5 Å². The number of ether oxygens (including phenoxy) is 2. The quantitative estimate of drug-likeness (QED) is 0.568. The molecule has 0 spiro atoms. The molecule has 2 aliphatic rings. The number of nitrogens with zero attached hydrogens (tertiary/aromatic N) is 1. The molecule has 0 aliphatic carbocycles. The molecule has 154 valence electrons. The summed E-state index contributed by atoms with van der Waals surface area (Å²) in [7, 11) is 1.82. The molecule has 2 fully saturated rings. The van der Waals surface area contributed by atoms with Gasteiger partial charge in [-0.25, -0.2) is 0 Å². The fraction of sp³-hybridized carbons (Fsp3) is 0.227. The Labute approximate surface area is 184 Å². The number of rotatable bonds is 5. The van der Waals surface area contributed by atoms with Crippen molar-refractivity contribution in [2.45, 2.75) is 12.5 Å². The molecule has 2 saturated heterocycles. The SMILES string of the molecule is CN1C(=O)COCC1Cc1ccc(Oc2ccc(/C=C3/SC(=S)NC3=O)cc2)cc1. The Morgan fingerprint density at radius 2 is 1.83 bits per heavy atom. The number of likely N-dealkylation sites (N-methyl/N-ethyl adjacent to an activating group) is 1. The molecule has 2 aromatic carbocycles. The van der Waals surface area contributed by atoms with Gasteiger partial charge in [0.05, 0.1) is 17.6 Å². The number of hydrogen-bond acceptors (Lipinski definition) is 6. The highest BCUT2D eigenvalue weighted by atomic mass is 32.2. The summed E-state index contributed by atoms with van der Waals surface area (Å²) in [6.45, 7) is 0.712. The second-order valence-electron chi connectivity index (χ2n) is 7.04. The van der Waals surface area contributed by atoms with Crippen LogP contribution >= 0.6 is 24.0 Å². The standard InChI is InChI=1S/C22H20N2O4S2/c1-24-16(12-27-13-20(24)25)10-14-2-6-17(7-3-14)28-18-8-4-15(5-9-18)11-19-21(26)23-22(29)30-19/h2-9,11,16H,10,12-13H2,1H3,(H,23,26,29)/b19-11+. The summed E-state index contributed by atoms with van der Waals surface area (Å²) in [4.78, 5) is 25.8. The fourth-order valence-corrected chi connectivity index (χ4v) is 4.25. The molecule has 30 heavy (non-hydrogen) atoms. The second-order valence-corrected chi connectivity index (χ2v) is 8.76. The maximum atomic E-state index is 11.8. The molecule has 0 saturated carbocycles. The summed E-state index contributed by atoms with van der Waals surface area (Å²) in [5.74, 6) is 1.28. The first-order chi connectivity index (χ1) is 14.5. The van der Waals surface area contributed by atoms with Crippen molar-refractivity contribution in [1.29, 1.82) is 0 Å². The average molecular weight is 441 g/mol. The van der Waals surface area contributed by atoms with E-state index in [9.17, 15) is 9.59 Å². The Bertz CT molecular complexity index is 1000. The molecule has 0 aromatic heterocycles. The van der Waals surface area contributed by atoms with E-state index in [0.717, 1.165) is 23.3 Å². The summed E-state index contributed by atoms with van der Waals surface area (Å²) in [6, 6.07) is 15.4. The van der Waals surface area contributed by atoms with Crippen LogP contribution in [0.15, 0.2) is 53.4 Å². The van der Waals surface area contributed by atoms with Crippen molar-refractivity contribution >= 4 is 46.2 Å². The molecule has 2 amide bonds. The van der Waals surface area contributed by atoms with Crippen LogP contribution in [-0.4, -0.2) is 47.3 Å². The van der Waals surface area contributed by atoms with E-state index in [1.807, 2.05) is 55.6 Å².